The first-order chi connectivity index (χ1) is 12.7. The largest absolute Gasteiger partial charge is 0.345 e. The highest BCUT2D eigenvalue weighted by Gasteiger charge is 2.46. The van der Waals surface area contributed by atoms with Crippen LogP contribution in [-0.2, 0) is 11.8 Å². The first-order valence-corrected chi connectivity index (χ1v) is 9.49. The van der Waals surface area contributed by atoms with Gasteiger partial charge >= 0.3 is 0 Å². The Bertz CT molecular complexity index is 992. The number of amides is 1. The molecule has 26 heavy (non-hydrogen) atoms. The maximum Gasteiger partial charge on any atom is 0.254 e. The first-order valence-electron chi connectivity index (χ1n) is 9.49. The van der Waals surface area contributed by atoms with E-state index in [1.165, 1.54) is 11.1 Å². The number of likely N-dealkylation sites (tertiary alicyclic amines) is 1. The van der Waals surface area contributed by atoms with Crippen LogP contribution in [0.25, 0.3) is 11.0 Å². The van der Waals surface area contributed by atoms with Gasteiger partial charge in [0.1, 0.15) is 0 Å². The van der Waals surface area contributed by atoms with Gasteiger partial charge in [0.05, 0.1) is 17.4 Å². The summed E-state index contributed by atoms with van der Waals surface area (Å²) in [4.78, 5) is 22.9. The Labute approximate surface area is 153 Å². The fourth-order valence-electron chi connectivity index (χ4n) is 5.14. The molecule has 2 aliphatic rings. The zero-order chi connectivity index (χ0) is 17.7. The Morgan fingerprint density at radius 3 is 3.08 bits per heavy atom. The second-order valence-corrected chi connectivity index (χ2v) is 7.87. The molecule has 1 amide bonds. The Morgan fingerprint density at radius 2 is 2.15 bits per heavy atom. The van der Waals surface area contributed by atoms with E-state index in [0.29, 0.717) is 0 Å². The van der Waals surface area contributed by atoms with Crippen LogP contribution in [0.1, 0.15) is 47.7 Å². The number of imidazole rings is 1. The molecule has 1 aliphatic heterocycles. The van der Waals surface area contributed by atoms with Gasteiger partial charge in [0.2, 0.25) is 0 Å². The lowest BCUT2D eigenvalue weighted by Crippen LogP contribution is -2.57. The minimum absolute atomic E-state index is 0.0564. The summed E-state index contributed by atoms with van der Waals surface area (Å²) in [6.07, 6.45) is 5.98. The Morgan fingerprint density at radius 1 is 1.27 bits per heavy atom. The molecule has 0 unspecified atom stereocenters. The number of nitrogens with one attached hydrogen (secondary N) is 1. The average molecular weight is 345 g/mol. The maximum absolute atomic E-state index is 13.4. The lowest BCUT2D eigenvalue weighted by Gasteiger charge is -2.52. The van der Waals surface area contributed by atoms with E-state index in [1.54, 1.807) is 6.33 Å². The van der Waals surface area contributed by atoms with Gasteiger partial charge in [-0.3, -0.25) is 4.79 Å². The summed E-state index contributed by atoms with van der Waals surface area (Å²) in [5.41, 5.74) is 5.53. The molecule has 132 valence electrons. The van der Waals surface area contributed by atoms with Gasteiger partial charge in [-0.05, 0) is 55.0 Å². The number of carbonyl (C=O) groups is 1. The van der Waals surface area contributed by atoms with Gasteiger partial charge in [0.15, 0.2) is 0 Å². The third-order valence-corrected chi connectivity index (χ3v) is 6.45. The average Bonchev–Trinajstić information content (AvgIpc) is 3.14. The van der Waals surface area contributed by atoms with Crippen molar-refractivity contribution in [2.45, 2.75) is 44.1 Å². The normalized spacial score (nSPS) is 25.0. The highest BCUT2D eigenvalue weighted by atomic mass is 16.2. The Hall–Kier alpha value is -2.62. The summed E-state index contributed by atoms with van der Waals surface area (Å²) >= 11 is 0. The minimum Gasteiger partial charge on any atom is -0.345 e. The van der Waals surface area contributed by atoms with Gasteiger partial charge in [-0.1, -0.05) is 31.2 Å². The molecule has 2 aromatic carbocycles. The number of hydrogen-bond donors (Lipinski definition) is 1. The quantitative estimate of drug-likeness (QED) is 0.723. The van der Waals surface area contributed by atoms with E-state index in [1.807, 2.05) is 18.2 Å². The van der Waals surface area contributed by atoms with Crippen LogP contribution in [-0.4, -0.2) is 33.4 Å². The smallest absolute Gasteiger partial charge is 0.254 e. The Balaban J connectivity index is 1.52. The minimum atomic E-state index is 0.0564. The number of hydrogen-bond acceptors (Lipinski definition) is 2. The summed E-state index contributed by atoms with van der Waals surface area (Å²) in [5, 5.41) is 0. The van der Waals surface area contributed by atoms with Gasteiger partial charge in [-0.15, -0.1) is 0 Å². The van der Waals surface area contributed by atoms with Crippen LogP contribution in [0, 0.1) is 0 Å². The van der Waals surface area contributed by atoms with E-state index < -0.39 is 0 Å². The first kappa shape index (κ1) is 15.6. The van der Waals surface area contributed by atoms with E-state index in [2.05, 4.69) is 46.1 Å². The summed E-state index contributed by atoms with van der Waals surface area (Å²) in [7, 11) is 0. The topological polar surface area (TPSA) is 49.0 Å². The number of aromatic amines is 1. The van der Waals surface area contributed by atoms with Gasteiger partial charge in [-0.2, -0.15) is 0 Å². The van der Waals surface area contributed by atoms with Crippen molar-refractivity contribution in [2.24, 2.45) is 0 Å². The number of fused-ring (bicyclic) bond motifs is 4. The van der Waals surface area contributed by atoms with Gasteiger partial charge in [0, 0.05) is 23.6 Å². The monoisotopic (exact) mass is 345 g/mol. The second-order valence-electron chi connectivity index (χ2n) is 7.87. The molecule has 3 aromatic rings. The highest BCUT2D eigenvalue weighted by Crippen LogP contribution is 2.46. The third kappa shape index (κ3) is 2.21. The molecule has 1 aromatic heterocycles. The van der Waals surface area contributed by atoms with Crippen molar-refractivity contribution in [2.75, 3.05) is 6.54 Å². The zero-order valence-corrected chi connectivity index (χ0v) is 15.0. The third-order valence-electron chi connectivity index (χ3n) is 6.45. The molecule has 0 spiro atoms. The molecule has 1 fully saturated rings. The van der Waals surface area contributed by atoms with Gasteiger partial charge in [0.25, 0.3) is 5.91 Å². The number of rotatable bonds is 1. The van der Waals surface area contributed by atoms with Crippen molar-refractivity contribution in [3.05, 3.63) is 65.5 Å². The van der Waals surface area contributed by atoms with Crippen LogP contribution in [0.4, 0.5) is 0 Å². The number of aryl methyl sites for hydroxylation is 1. The van der Waals surface area contributed by atoms with E-state index >= 15 is 0 Å². The van der Waals surface area contributed by atoms with Crippen molar-refractivity contribution in [3.63, 3.8) is 0 Å². The van der Waals surface area contributed by atoms with Crippen molar-refractivity contribution >= 4 is 16.9 Å². The molecule has 2 heterocycles. The molecule has 0 bridgehead atoms. The molecule has 4 nitrogen and oxygen atoms in total. The molecular weight excluding hydrogens is 322 g/mol. The lowest BCUT2D eigenvalue weighted by atomic mass is 9.63. The van der Waals surface area contributed by atoms with Crippen LogP contribution in [0.5, 0.6) is 0 Å². The van der Waals surface area contributed by atoms with E-state index in [4.69, 9.17) is 0 Å². The number of nitrogens with zero attached hydrogens (tertiary/aromatic N) is 2. The van der Waals surface area contributed by atoms with Crippen LogP contribution in [0.2, 0.25) is 0 Å². The molecular formula is C22H23N3O. The second kappa shape index (κ2) is 5.70. The molecule has 1 saturated heterocycles. The highest BCUT2D eigenvalue weighted by molar-refractivity contribution is 5.97. The molecule has 0 radical (unpaired) electrons. The zero-order valence-electron chi connectivity index (χ0n) is 15.0. The number of carbonyl (C=O) groups excluding carboxylic acids is 1. The maximum atomic E-state index is 13.4. The Kier molecular flexibility index (Phi) is 3.42. The van der Waals surface area contributed by atoms with Crippen LogP contribution in [0.3, 0.4) is 0 Å². The van der Waals surface area contributed by atoms with Crippen LogP contribution < -0.4 is 0 Å². The molecule has 1 N–H and O–H groups in total. The lowest BCUT2D eigenvalue weighted by molar-refractivity contribution is 0.0390. The molecule has 5 rings (SSSR count). The number of piperidine rings is 1. The van der Waals surface area contributed by atoms with E-state index in [0.717, 1.165) is 48.8 Å². The van der Waals surface area contributed by atoms with E-state index in [-0.39, 0.29) is 17.4 Å². The standard InChI is InChI=1S/C22H23N3O/c1-22-11-4-12-25(20(22)10-8-15-5-2-3-6-17(15)22)21(26)16-7-9-18-19(13-16)24-14-23-18/h2-3,5-7,9,13-14,20H,4,8,10-12H2,1H3,(H,23,24)/t20-,22-/m0/s1. The summed E-state index contributed by atoms with van der Waals surface area (Å²) in [5.74, 6) is 0.150. The number of benzene rings is 2. The number of H-pyrrole nitrogens is 1. The summed E-state index contributed by atoms with van der Waals surface area (Å²) in [6, 6.07) is 14.8. The summed E-state index contributed by atoms with van der Waals surface area (Å²) in [6.45, 7) is 3.20. The predicted octanol–water partition coefficient (Wildman–Crippen LogP) is 4.07. The summed E-state index contributed by atoms with van der Waals surface area (Å²) < 4.78 is 0. The molecule has 2 atom stereocenters. The van der Waals surface area contributed by atoms with Crippen molar-refractivity contribution in [3.8, 4) is 0 Å². The fraction of sp³-hybridized carbons (Fsp3) is 0.364. The number of aromatic nitrogens is 2. The predicted molar refractivity (Wildman–Crippen MR) is 102 cm³/mol. The molecule has 4 heteroatoms. The molecule has 1 aliphatic carbocycles. The fourth-order valence-corrected chi connectivity index (χ4v) is 5.14. The van der Waals surface area contributed by atoms with Gasteiger partial charge in [-0.25, -0.2) is 4.98 Å². The van der Waals surface area contributed by atoms with E-state index in [9.17, 15) is 4.79 Å². The molecule has 0 saturated carbocycles. The SMILES string of the molecule is C[C@@]12CCCN(C(=O)c3ccc4nc[nH]c4c3)[C@H]1CCc1ccccc12. The van der Waals surface area contributed by atoms with Gasteiger partial charge < -0.3 is 9.88 Å². The van der Waals surface area contributed by atoms with Crippen molar-refractivity contribution < 1.29 is 4.79 Å². The van der Waals surface area contributed by atoms with Crippen LogP contribution in [0.15, 0.2) is 48.8 Å². The van der Waals surface area contributed by atoms with Crippen molar-refractivity contribution in [1.82, 2.24) is 14.9 Å². The van der Waals surface area contributed by atoms with Crippen LogP contribution >= 0.6 is 0 Å². The van der Waals surface area contributed by atoms with Crippen molar-refractivity contribution in [1.29, 1.82) is 0 Å².